The molecule has 1 unspecified atom stereocenters. The van der Waals surface area contributed by atoms with Crippen LogP contribution in [0.4, 0.5) is 0 Å². The van der Waals surface area contributed by atoms with Gasteiger partial charge in [-0.15, -0.1) is 0 Å². The molecule has 0 heterocycles. The topological polar surface area (TPSA) is 43.1 Å². The van der Waals surface area contributed by atoms with Gasteiger partial charge in [-0.3, -0.25) is 4.79 Å². The molecule has 2 nitrogen and oxygen atoms in total. The highest BCUT2D eigenvalue weighted by molar-refractivity contribution is 5.80. The summed E-state index contributed by atoms with van der Waals surface area (Å²) in [6, 6.07) is 0. The molecule has 0 aromatic carbocycles. The quantitative estimate of drug-likeness (QED) is 0.727. The summed E-state index contributed by atoms with van der Waals surface area (Å²) in [6.45, 7) is 6.73. The summed E-state index contributed by atoms with van der Waals surface area (Å²) in [4.78, 5) is 11.5. The van der Waals surface area contributed by atoms with Crippen LogP contribution in [0.5, 0.6) is 0 Å². The summed E-state index contributed by atoms with van der Waals surface area (Å²) in [5.41, 5.74) is 5.72. The molecule has 2 heteroatoms. The fourth-order valence-corrected chi connectivity index (χ4v) is 2.75. The SMILES string of the molecule is CC1(C)CCCCCC(C)(C(N)=O)CCC1. The normalized spacial score (nSPS) is 31.9. The third kappa shape index (κ3) is 3.80. The van der Waals surface area contributed by atoms with Crippen LogP contribution in [0.2, 0.25) is 0 Å². The van der Waals surface area contributed by atoms with Gasteiger partial charge in [0.2, 0.25) is 5.91 Å². The van der Waals surface area contributed by atoms with E-state index in [0.717, 1.165) is 25.7 Å². The minimum absolute atomic E-state index is 0.106. The second kappa shape index (κ2) is 5.20. The van der Waals surface area contributed by atoms with Crippen LogP contribution in [-0.4, -0.2) is 5.91 Å². The lowest BCUT2D eigenvalue weighted by atomic mass is 9.74. The van der Waals surface area contributed by atoms with Gasteiger partial charge in [0.1, 0.15) is 0 Å². The van der Waals surface area contributed by atoms with Crippen LogP contribution in [-0.2, 0) is 4.79 Å². The number of hydrogen-bond donors (Lipinski definition) is 1. The molecule has 94 valence electrons. The molecule has 1 fully saturated rings. The van der Waals surface area contributed by atoms with Gasteiger partial charge in [-0.1, -0.05) is 46.5 Å². The van der Waals surface area contributed by atoms with Crippen molar-refractivity contribution in [1.82, 2.24) is 0 Å². The van der Waals surface area contributed by atoms with E-state index in [1.807, 2.05) is 6.92 Å². The van der Waals surface area contributed by atoms with Gasteiger partial charge >= 0.3 is 0 Å². The predicted molar refractivity (Wildman–Crippen MR) is 68.0 cm³/mol. The number of nitrogens with two attached hydrogens (primary N) is 1. The summed E-state index contributed by atoms with van der Waals surface area (Å²) in [6.07, 6.45) is 9.29. The smallest absolute Gasteiger partial charge is 0.223 e. The second-order valence-corrected chi connectivity index (χ2v) is 6.50. The van der Waals surface area contributed by atoms with Crippen molar-refractivity contribution in [2.75, 3.05) is 0 Å². The van der Waals surface area contributed by atoms with E-state index in [1.54, 1.807) is 0 Å². The van der Waals surface area contributed by atoms with Crippen molar-refractivity contribution >= 4 is 5.91 Å². The van der Waals surface area contributed by atoms with Gasteiger partial charge in [0.15, 0.2) is 0 Å². The van der Waals surface area contributed by atoms with Crippen LogP contribution >= 0.6 is 0 Å². The molecule has 0 aromatic heterocycles. The van der Waals surface area contributed by atoms with Crippen molar-refractivity contribution in [3.8, 4) is 0 Å². The highest BCUT2D eigenvalue weighted by Gasteiger charge is 2.31. The Morgan fingerprint density at radius 1 is 0.875 bits per heavy atom. The molecule has 2 N–H and O–H groups in total. The molecule has 0 radical (unpaired) electrons. The minimum atomic E-state index is -0.257. The number of rotatable bonds is 1. The molecule has 0 spiro atoms. The van der Waals surface area contributed by atoms with Gasteiger partial charge in [0.05, 0.1) is 0 Å². The lowest BCUT2D eigenvalue weighted by molar-refractivity contribution is -0.127. The average molecular weight is 225 g/mol. The molecule has 0 bridgehead atoms. The van der Waals surface area contributed by atoms with E-state index in [9.17, 15) is 4.79 Å². The zero-order valence-corrected chi connectivity index (χ0v) is 11.1. The van der Waals surface area contributed by atoms with Crippen molar-refractivity contribution in [1.29, 1.82) is 0 Å². The van der Waals surface area contributed by atoms with Crippen LogP contribution in [0, 0.1) is 10.8 Å². The average Bonchev–Trinajstić information content (AvgIpc) is 2.16. The lowest BCUT2D eigenvalue weighted by Gasteiger charge is -2.31. The maximum atomic E-state index is 11.5. The van der Waals surface area contributed by atoms with E-state index in [-0.39, 0.29) is 11.3 Å². The molecule has 1 saturated carbocycles. The number of carbonyl (C=O) groups is 1. The molecule has 0 aliphatic heterocycles. The first-order chi connectivity index (χ1) is 7.36. The molecule has 0 saturated heterocycles. The Kier molecular flexibility index (Phi) is 4.40. The Morgan fingerprint density at radius 3 is 2.00 bits per heavy atom. The van der Waals surface area contributed by atoms with E-state index in [2.05, 4.69) is 13.8 Å². The summed E-state index contributed by atoms with van der Waals surface area (Å²) >= 11 is 0. The van der Waals surface area contributed by atoms with Crippen LogP contribution in [0.25, 0.3) is 0 Å². The van der Waals surface area contributed by atoms with Crippen LogP contribution in [0.1, 0.15) is 72.1 Å². The summed E-state index contributed by atoms with van der Waals surface area (Å²) in [7, 11) is 0. The summed E-state index contributed by atoms with van der Waals surface area (Å²) < 4.78 is 0. The van der Waals surface area contributed by atoms with E-state index in [1.165, 1.54) is 25.7 Å². The number of carbonyl (C=O) groups excluding carboxylic acids is 1. The monoisotopic (exact) mass is 225 g/mol. The first-order valence-electron chi connectivity index (χ1n) is 6.66. The number of hydrogen-bond acceptors (Lipinski definition) is 1. The largest absolute Gasteiger partial charge is 0.369 e. The van der Waals surface area contributed by atoms with E-state index >= 15 is 0 Å². The van der Waals surface area contributed by atoms with E-state index < -0.39 is 0 Å². The number of amides is 1. The van der Waals surface area contributed by atoms with Crippen molar-refractivity contribution in [3.63, 3.8) is 0 Å². The molecule has 1 rings (SSSR count). The molecular weight excluding hydrogens is 198 g/mol. The Morgan fingerprint density at radius 2 is 1.38 bits per heavy atom. The van der Waals surface area contributed by atoms with Crippen LogP contribution < -0.4 is 5.73 Å². The third-order valence-corrected chi connectivity index (χ3v) is 4.26. The Labute approximate surface area is 100.0 Å². The molecule has 1 atom stereocenters. The summed E-state index contributed by atoms with van der Waals surface area (Å²) in [5.74, 6) is -0.106. The van der Waals surface area contributed by atoms with E-state index in [4.69, 9.17) is 5.73 Å². The van der Waals surface area contributed by atoms with E-state index in [0.29, 0.717) is 5.41 Å². The molecule has 1 amide bonds. The van der Waals surface area contributed by atoms with Gasteiger partial charge in [-0.05, 0) is 31.1 Å². The van der Waals surface area contributed by atoms with Crippen molar-refractivity contribution < 1.29 is 4.79 Å². The van der Waals surface area contributed by atoms with Crippen molar-refractivity contribution in [2.45, 2.75) is 72.1 Å². The second-order valence-electron chi connectivity index (χ2n) is 6.50. The highest BCUT2D eigenvalue weighted by atomic mass is 16.1. The van der Waals surface area contributed by atoms with Gasteiger partial charge < -0.3 is 5.73 Å². The maximum absolute atomic E-state index is 11.5. The zero-order valence-electron chi connectivity index (χ0n) is 11.1. The molecular formula is C14H27NO. The Hall–Kier alpha value is -0.530. The van der Waals surface area contributed by atoms with Crippen LogP contribution in [0.3, 0.4) is 0 Å². The standard InChI is InChI=1S/C14H27NO/c1-13(2)8-5-4-6-10-14(3,12(15)16)11-7-9-13/h4-11H2,1-3H3,(H2,15,16). The third-order valence-electron chi connectivity index (χ3n) is 4.26. The van der Waals surface area contributed by atoms with Crippen molar-refractivity contribution in [3.05, 3.63) is 0 Å². The fourth-order valence-electron chi connectivity index (χ4n) is 2.75. The molecule has 1 aliphatic rings. The lowest BCUT2D eigenvalue weighted by Crippen LogP contribution is -2.35. The molecule has 16 heavy (non-hydrogen) atoms. The maximum Gasteiger partial charge on any atom is 0.223 e. The Balaban J connectivity index is 2.62. The van der Waals surface area contributed by atoms with Gasteiger partial charge in [-0.2, -0.15) is 0 Å². The number of primary amides is 1. The Bertz CT molecular complexity index is 247. The van der Waals surface area contributed by atoms with Gasteiger partial charge in [-0.25, -0.2) is 0 Å². The van der Waals surface area contributed by atoms with Crippen LogP contribution in [0.15, 0.2) is 0 Å². The fraction of sp³-hybridized carbons (Fsp3) is 0.929. The molecule has 1 aliphatic carbocycles. The zero-order chi connectivity index (χ0) is 12.2. The molecule has 0 aromatic rings. The van der Waals surface area contributed by atoms with Gasteiger partial charge in [0, 0.05) is 5.41 Å². The minimum Gasteiger partial charge on any atom is -0.369 e. The highest BCUT2D eigenvalue weighted by Crippen LogP contribution is 2.37. The predicted octanol–water partition coefficient (Wildman–Crippen LogP) is 3.64. The van der Waals surface area contributed by atoms with Gasteiger partial charge in [0.25, 0.3) is 0 Å². The van der Waals surface area contributed by atoms with Crippen molar-refractivity contribution in [2.24, 2.45) is 16.6 Å². The summed E-state index contributed by atoms with van der Waals surface area (Å²) in [5, 5.41) is 0. The first-order valence-corrected chi connectivity index (χ1v) is 6.66. The first kappa shape index (κ1) is 13.5.